The summed E-state index contributed by atoms with van der Waals surface area (Å²) in [6.07, 6.45) is 7.59. The van der Waals surface area contributed by atoms with Crippen molar-refractivity contribution in [3.8, 4) is 5.75 Å². The molecule has 0 aliphatic rings. The minimum Gasteiger partial charge on any atom is -0.494 e. The quantitative estimate of drug-likeness (QED) is 0.270. The van der Waals surface area contributed by atoms with E-state index in [1.165, 1.54) is 25.7 Å². The molecule has 34 heavy (non-hydrogen) atoms. The lowest BCUT2D eigenvalue weighted by molar-refractivity contribution is -0.114. The predicted octanol–water partition coefficient (Wildman–Crippen LogP) is 5.61. The Morgan fingerprint density at radius 1 is 0.912 bits per heavy atom. The average Bonchev–Trinajstić information content (AvgIpc) is 3.38. The van der Waals surface area contributed by atoms with E-state index < -0.39 is 0 Å². The molecule has 2 aromatic carbocycles. The zero-order chi connectivity index (χ0) is 24.0. The molecule has 0 aliphatic heterocycles. The van der Waals surface area contributed by atoms with Crippen LogP contribution < -0.4 is 20.7 Å². The van der Waals surface area contributed by atoms with Gasteiger partial charge < -0.3 is 25.1 Å². The van der Waals surface area contributed by atoms with Crippen LogP contribution in [-0.4, -0.2) is 25.0 Å². The molecule has 7 heteroatoms. The van der Waals surface area contributed by atoms with Crippen molar-refractivity contribution in [3.63, 3.8) is 0 Å². The summed E-state index contributed by atoms with van der Waals surface area (Å²) < 4.78 is 11.0. The summed E-state index contributed by atoms with van der Waals surface area (Å²) in [7, 11) is 0. The van der Waals surface area contributed by atoms with Crippen LogP contribution in [0, 0.1) is 0 Å². The van der Waals surface area contributed by atoms with Crippen LogP contribution in [0.15, 0.2) is 71.3 Å². The van der Waals surface area contributed by atoms with Crippen molar-refractivity contribution < 1.29 is 18.7 Å². The van der Waals surface area contributed by atoms with Crippen LogP contribution in [0.2, 0.25) is 0 Å². The highest BCUT2D eigenvalue weighted by atomic mass is 16.5. The predicted molar refractivity (Wildman–Crippen MR) is 134 cm³/mol. The van der Waals surface area contributed by atoms with E-state index in [-0.39, 0.29) is 18.4 Å². The van der Waals surface area contributed by atoms with Gasteiger partial charge in [0.05, 0.1) is 26.0 Å². The first kappa shape index (κ1) is 24.9. The Labute approximate surface area is 200 Å². The van der Waals surface area contributed by atoms with Gasteiger partial charge in [-0.3, -0.25) is 9.59 Å². The number of ether oxygens (including phenoxy) is 1. The number of hydrogen-bond donors (Lipinski definition) is 3. The molecule has 3 rings (SSSR count). The van der Waals surface area contributed by atoms with Crippen molar-refractivity contribution >= 4 is 23.2 Å². The molecule has 180 valence electrons. The van der Waals surface area contributed by atoms with Crippen LogP contribution in [0.1, 0.15) is 55.1 Å². The van der Waals surface area contributed by atoms with Crippen molar-refractivity contribution in [1.29, 1.82) is 0 Å². The molecular formula is C27H33N3O4. The van der Waals surface area contributed by atoms with Gasteiger partial charge in [-0.2, -0.15) is 0 Å². The topological polar surface area (TPSA) is 92.6 Å². The van der Waals surface area contributed by atoms with Gasteiger partial charge in [-0.25, -0.2) is 0 Å². The second kappa shape index (κ2) is 13.7. The fourth-order valence-electron chi connectivity index (χ4n) is 3.37. The fourth-order valence-corrected chi connectivity index (χ4v) is 3.37. The number of carbonyl (C=O) groups is 2. The third-order valence-corrected chi connectivity index (χ3v) is 5.24. The summed E-state index contributed by atoms with van der Waals surface area (Å²) in [6, 6.07) is 18.0. The molecule has 0 fully saturated rings. The Kier molecular flexibility index (Phi) is 10.1. The third-order valence-electron chi connectivity index (χ3n) is 5.24. The Balaban J connectivity index is 1.39. The van der Waals surface area contributed by atoms with Crippen molar-refractivity contribution in [3.05, 3.63) is 78.3 Å². The summed E-state index contributed by atoms with van der Waals surface area (Å²) in [5, 5.41) is 8.70. The first-order chi connectivity index (χ1) is 16.6. The van der Waals surface area contributed by atoms with Gasteiger partial charge in [0.15, 0.2) is 0 Å². The van der Waals surface area contributed by atoms with Crippen LogP contribution in [0.5, 0.6) is 5.75 Å². The maximum Gasteiger partial charge on any atom is 0.251 e. The van der Waals surface area contributed by atoms with Crippen molar-refractivity contribution in [2.75, 3.05) is 23.8 Å². The molecule has 3 N–H and O–H groups in total. The summed E-state index contributed by atoms with van der Waals surface area (Å²) >= 11 is 0. The van der Waals surface area contributed by atoms with Gasteiger partial charge in [0.1, 0.15) is 11.5 Å². The third kappa shape index (κ3) is 8.65. The van der Waals surface area contributed by atoms with Crippen molar-refractivity contribution in [2.45, 2.75) is 45.6 Å². The molecule has 2 amide bonds. The normalized spacial score (nSPS) is 10.5. The van der Waals surface area contributed by atoms with Crippen LogP contribution in [0.3, 0.4) is 0 Å². The minimum absolute atomic E-state index is 0.104. The van der Waals surface area contributed by atoms with Gasteiger partial charge in [0.25, 0.3) is 5.91 Å². The van der Waals surface area contributed by atoms with E-state index in [0.717, 1.165) is 24.5 Å². The maximum atomic E-state index is 12.4. The van der Waals surface area contributed by atoms with Gasteiger partial charge in [-0.15, -0.1) is 0 Å². The SMILES string of the molecule is CCCCCCCOc1ccc(NCC(=O)Nc2cccc(C(=O)NCc3ccco3)c2)cc1. The fraction of sp³-hybridized carbons (Fsp3) is 0.333. The smallest absolute Gasteiger partial charge is 0.251 e. The van der Waals surface area contributed by atoms with Crippen molar-refractivity contribution in [1.82, 2.24) is 5.32 Å². The molecule has 0 saturated heterocycles. The van der Waals surface area contributed by atoms with E-state index >= 15 is 0 Å². The summed E-state index contributed by atoms with van der Waals surface area (Å²) in [5.41, 5.74) is 1.84. The molecule has 0 saturated carbocycles. The van der Waals surface area contributed by atoms with E-state index in [0.29, 0.717) is 23.6 Å². The molecule has 1 aromatic heterocycles. The molecule has 3 aromatic rings. The summed E-state index contributed by atoms with van der Waals surface area (Å²) in [4.78, 5) is 24.7. The molecular weight excluding hydrogens is 430 g/mol. The molecule has 0 radical (unpaired) electrons. The number of unbranched alkanes of at least 4 members (excludes halogenated alkanes) is 4. The lowest BCUT2D eigenvalue weighted by Gasteiger charge is -2.10. The standard InChI is InChI=1S/C27H33N3O4/c1-2-3-4-5-6-16-33-24-14-12-22(13-15-24)28-20-26(31)30-23-10-7-9-21(18-23)27(32)29-19-25-11-8-17-34-25/h7-15,17-18,28H,2-6,16,19-20H2,1H3,(H,29,32)(H,30,31). The molecule has 1 heterocycles. The number of carbonyl (C=O) groups excluding carboxylic acids is 2. The highest BCUT2D eigenvalue weighted by Gasteiger charge is 2.09. The summed E-state index contributed by atoms with van der Waals surface area (Å²) in [6.45, 7) is 3.33. The number of amides is 2. The van der Waals surface area contributed by atoms with Gasteiger partial charge in [0.2, 0.25) is 5.91 Å². The van der Waals surface area contributed by atoms with Gasteiger partial charge in [-0.05, 0) is 61.0 Å². The maximum absolute atomic E-state index is 12.4. The van der Waals surface area contributed by atoms with Crippen LogP contribution >= 0.6 is 0 Å². The van der Waals surface area contributed by atoms with Gasteiger partial charge in [0, 0.05) is 16.9 Å². The first-order valence-electron chi connectivity index (χ1n) is 11.8. The molecule has 0 spiro atoms. The number of anilines is 2. The molecule has 0 atom stereocenters. The van der Waals surface area contributed by atoms with E-state index in [9.17, 15) is 9.59 Å². The van der Waals surface area contributed by atoms with E-state index in [2.05, 4.69) is 22.9 Å². The van der Waals surface area contributed by atoms with E-state index in [1.807, 2.05) is 24.3 Å². The zero-order valence-electron chi connectivity index (χ0n) is 19.6. The Morgan fingerprint density at radius 3 is 2.50 bits per heavy atom. The first-order valence-corrected chi connectivity index (χ1v) is 11.8. The molecule has 0 bridgehead atoms. The molecule has 0 unspecified atom stereocenters. The lowest BCUT2D eigenvalue weighted by Crippen LogP contribution is -2.24. The lowest BCUT2D eigenvalue weighted by atomic mass is 10.2. The van der Waals surface area contributed by atoms with Gasteiger partial charge in [-0.1, -0.05) is 38.7 Å². The average molecular weight is 464 g/mol. The second-order valence-electron chi connectivity index (χ2n) is 8.03. The molecule has 7 nitrogen and oxygen atoms in total. The number of rotatable bonds is 14. The van der Waals surface area contributed by atoms with Gasteiger partial charge >= 0.3 is 0 Å². The van der Waals surface area contributed by atoms with Crippen LogP contribution in [0.4, 0.5) is 11.4 Å². The number of hydrogen-bond acceptors (Lipinski definition) is 5. The number of furan rings is 1. The Morgan fingerprint density at radius 2 is 1.74 bits per heavy atom. The van der Waals surface area contributed by atoms with E-state index in [4.69, 9.17) is 9.15 Å². The highest BCUT2D eigenvalue weighted by Crippen LogP contribution is 2.17. The van der Waals surface area contributed by atoms with Crippen LogP contribution in [-0.2, 0) is 11.3 Å². The number of benzene rings is 2. The second-order valence-corrected chi connectivity index (χ2v) is 8.03. The summed E-state index contributed by atoms with van der Waals surface area (Å²) in [5.74, 6) is 1.05. The monoisotopic (exact) mass is 463 g/mol. The van der Waals surface area contributed by atoms with E-state index in [1.54, 1.807) is 42.7 Å². The zero-order valence-corrected chi connectivity index (χ0v) is 19.6. The van der Waals surface area contributed by atoms with Crippen molar-refractivity contribution in [2.24, 2.45) is 0 Å². The number of nitrogens with one attached hydrogen (secondary N) is 3. The minimum atomic E-state index is -0.242. The molecule has 0 aliphatic carbocycles. The largest absolute Gasteiger partial charge is 0.494 e. The van der Waals surface area contributed by atoms with Crippen LogP contribution in [0.25, 0.3) is 0 Å². The Bertz CT molecular complexity index is 1020. The Hall–Kier alpha value is -3.74. The highest BCUT2D eigenvalue weighted by molar-refractivity contribution is 5.98.